The van der Waals surface area contributed by atoms with E-state index in [1.807, 2.05) is 13.8 Å². The standard InChI is InChI=1S/C12H23NO/c1-8(2)10-6-5-7-11(10)12(14)13-9(3)4/h8-11H,5-7H2,1-4H3,(H,13,14)/t10?,11-/m1/s1. The molecule has 1 fully saturated rings. The van der Waals surface area contributed by atoms with Crippen molar-refractivity contribution in [2.75, 3.05) is 0 Å². The van der Waals surface area contributed by atoms with Crippen LogP contribution in [0.15, 0.2) is 0 Å². The molecule has 2 atom stereocenters. The third-order valence-corrected chi connectivity index (χ3v) is 3.19. The second kappa shape index (κ2) is 4.81. The van der Waals surface area contributed by atoms with E-state index >= 15 is 0 Å². The van der Waals surface area contributed by atoms with E-state index in [0.717, 1.165) is 6.42 Å². The maximum absolute atomic E-state index is 11.9. The van der Waals surface area contributed by atoms with Crippen molar-refractivity contribution in [3.8, 4) is 0 Å². The molecule has 2 heteroatoms. The predicted molar refractivity (Wildman–Crippen MR) is 58.9 cm³/mol. The average molecular weight is 197 g/mol. The number of hydrogen-bond acceptors (Lipinski definition) is 1. The zero-order valence-corrected chi connectivity index (χ0v) is 9.84. The van der Waals surface area contributed by atoms with E-state index in [2.05, 4.69) is 19.2 Å². The summed E-state index contributed by atoms with van der Waals surface area (Å²) in [5.41, 5.74) is 0. The Morgan fingerprint density at radius 3 is 2.36 bits per heavy atom. The number of amides is 1. The molecule has 1 aliphatic carbocycles. The zero-order valence-electron chi connectivity index (χ0n) is 9.84. The quantitative estimate of drug-likeness (QED) is 0.740. The van der Waals surface area contributed by atoms with Crippen LogP contribution in [0.4, 0.5) is 0 Å². The van der Waals surface area contributed by atoms with Crippen LogP contribution in [-0.4, -0.2) is 11.9 Å². The lowest BCUT2D eigenvalue weighted by molar-refractivity contribution is -0.127. The molecule has 0 bridgehead atoms. The highest BCUT2D eigenvalue weighted by atomic mass is 16.1. The van der Waals surface area contributed by atoms with E-state index in [-0.39, 0.29) is 17.9 Å². The van der Waals surface area contributed by atoms with Gasteiger partial charge in [0, 0.05) is 12.0 Å². The molecule has 1 amide bonds. The molecule has 0 saturated heterocycles. The summed E-state index contributed by atoms with van der Waals surface area (Å²) in [7, 11) is 0. The number of nitrogens with one attached hydrogen (secondary N) is 1. The van der Waals surface area contributed by atoms with Crippen LogP contribution in [0.25, 0.3) is 0 Å². The first-order valence-corrected chi connectivity index (χ1v) is 5.82. The van der Waals surface area contributed by atoms with Crippen LogP contribution < -0.4 is 5.32 Å². The summed E-state index contributed by atoms with van der Waals surface area (Å²) >= 11 is 0. The van der Waals surface area contributed by atoms with Gasteiger partial charge in [-0.25, -0.2) is 0 Å². The smallest absolute Gasteiger partial charge is 0.223 e. The van der Waals surface area contributed by atoms with Crippen LogP contribution in [0.2, 0.25) is 0 Å². The molecule has 1 N–H and O–H groups in total. The number of rotatable bonds is 3. The van der Waals surface area contributed by atoms with E-state index in [4.69, 9.17) is 0 Å². The van der Waals surface area contributed by atoms with Gasteiger partial charge < -0.3 is 5.32 Å². The molecule has 14 heavy (non-hydrogen) atoms. The third-order valence-electron chi connectivity index (χ3n) is 3.19. The van der Waals surface area contributed by atoms with Gasteiger partial charge in [0.1, 0.15) is 0 Å². The summed E-state index contributed by atoms with van der Waals surface area (Å²) in [6.45, 7) is 8.51. The highest BCUT2D eigenvalue weighted by Gasteiger charge is 2.34. The van der Waals surface area contributed by atoms with Crippen molar-refractivity contribution in [3.63, 3.8) is 0 Å². The van der Waals surface area contributed by atoms with Crippen molar-refractivity contribution in [2.45, 2.75) is 53.0 Å². The first-order chi connectivity index (χ1) is 6.52. The highest BCUT2D eigenvalue weighted by Crippen LogP contribution is 2.36. The van der Waals surface area contributed by atoms with Crippen LogP contribution in [-0.2, 0) is 4.79 Å². The van der Waals surface area contributed by atoms with Crippen LogP contribution in [0.3, 0.4) is 0 Å². The lowest BCUT2D eigenvalue weighted by atomic mass is 9.85. The van der Waals surface area contributed by atoms with Gasteiger partial charge in [0.2, 0.25) is 5.91 Å². The van der Waals surface area contributed by atoms with Gasteiger partial charge in [-0.2, -0.15) is 0 Å². The van der Waals surface area contributed by atoms with Crippen molar-refractivity contribution >= 4 is 5.91 Å². The Morgan fingerprint density at radius 1 is 1.21 bits per heavy atom. The fourth-order valence-corrected chi connectivity index (χ4v) is 2.50. The minimum Gasteiger partial charge on any atom is -0.354 e. The highest BCUT2D eigenvalue weighted by molar-refractivity contribution is 5.79. The summed E-state index contributed by atoms with van der Waals surface area (Å²) in [6.07, 6.45) is 3.54. The SMILES string of the molecule is CC(C)NC(=O)[C@@H]1CCCC1C(C)C. The lowest BCUT2D eigenvalue weighted by Crippen LogP contribution is -2.38. The van der Waals surface area contributed by atoms with E-state index < -0.39 is 0 Å². The van der Waals surface area contributed by atoms with Crippen molar-refractivity contribution in [2.24, 2.45) is 17.8 Å². The van der Waals surface area contributed by atoms with Gasteiger partial charge in [0.05, 0.1) is 0 Å². The summed E-state index contributed by atoms with van der Waals surface area (Å²) < 4.78 is 0. The minimum atomic E-state index is 0.274. The Bertz CT molecular complexity index is 198. The normalized spacial score (nSPS) is 27.3. The van der Waals surface area contributed by atoms with Crippen molar-refractivity contribution < 1.29 is 4.79 Å². The van der Waals surface area contributed by atoms with Crippen molar-refractivity contribution in [1.29, 1.82) is 0 Å². The van der Waals surface area contributed by atoms with Gasteiger partial charge in [-0.1, -0.05) is 20.3 Å². The monoisotopic (exact) mass is 197 g/mol. The number of carbonyl (C=O) groups excluding carboxylic acids is 1. The molecule has 1 saturated carbocycles. The molecule has 0 radical (unpaired) electrons. The van der Waals surface area contributed by atoms with Crippen LogP contribution in [0.1, 0.15) is 47.0 Å². The molecule has 82 valence electrons. The second-order valence-electron chi connectivity index (χ2n) is 5.11. The Hall–Kier alpha value is -0.530. The van der Waals surface area contributed by atoms with E-state index in [1.165, 1.54) is 12.8 Å². The molecular weight excluding hydrogens is 174 g/mol. The van der Waals surface area contributed by atoms with Crippen molar-refractivity contribution in [3.05, 3.63) is 0 Å². The summed E-state index contributed by atoms with van der Waals surface area (Å²) in [4.78, 5) is 11.9. The Morgan fingerprint density at radius 2 is 1.86 bits per heavy atom. The fourth-order valence-electron chi connectivity index (χ4n) is 2.50. The van der Waals surface area contributed by atoms with E-state index in [1.54, 1.807) is 0 Å². The Kier molecular flexibility index (Phi) is 3.97. The molecule has 2 nitrogen and oxygen atoms in total. The second-order valence-corrected chi connectivity index (χ2v) is 5.11. The largest absolute Gasteiger partial charge is 0.354 e. The van der Waals surface area contributed by atoms with Gasteiger partial charge in [0.25, 0.3) is 0 Å². The van der Waals surface area contributed by atoms with Crippen LogP contribution in [0, 0.1) is 17.8 Å². The fraction of sp³-hybridized carbons (Fsp3) is 0.917. The summed E-state index contributed by atoms with van der Waals surface area (Å²) in [6, 6.07) is 0.274. The lowest BCUT2D eigenvalue weighted by Gasteiger charge is -2.23. The first kappa shape index (κ1) is 11.5. The zero-order chi connectivity index (χ0) is 10.7. The molecule has 0 spiro atoms. The van der Waals surface area contributed by atoms with Gasteiger partial charge in [0.15, 0.2) is 0 Å². The molecule has 1 aliphatic rings. The Balaban J connectivity index is 2.53. The molecule has 0 aliphatic heterocycles. The molecule has 1 unspecified atom stereocenters. The molecule has 0 aromatic rings. The van der Waals surface area contributed by atoms with Gasteiger partial charge in [-0.05, 0) is 38.5 Å². The molecule has 0 heterocycles. The van der Waals surface area contributed by atoms with E-state index in [9.17, 15) is 4.79 Å². The Labute approximate surface area is 87.5 Å². The average Bonchev–Trinajstić information content (AvgIpc) is 2.49. The topological polar surface area (TPSA) is 29.1 Å². The van der Waals surface area contributed by atoms with Crippen LogP contribution >= 0.6 is 0 Å². The summed E-state index contributed by atoms with van der Waals surface area (Å²) in [5, 5.41) is 3.03. The minimum absolute atomic E-state index is 0.274. The van der Waals surface area contributed by atoms with Crippen molar-refractivity contribution in [1.82, 2.24) is 5.32 Å². The third kappa shape index (κ3) is 2.73. The number of carbonyl (C=O) groups is 1. The van der Waals surface area contributed by atoms with Gasteiger partial charge >= 0.3 is 0 Å². The maximum atomic E-state index is 11.9. The van der Waals surface area contributed by atoms with E-state index in [0.29, 0.717) is 11.8 Å². The molecule has 1 rings (SSSR count). The van der Waals surface area contributed by atoms with Gasteiger partial charge in [-0.15, -0.1) is 0 Å². The molecular formula is C12H23NO. The molecule has 0 aromatic carbocycles. The van der Waals surface area contributed by atoms with Gasteiger partial charge in [-0.3, -0.25) is 4.79 Å². The number of hydrogen-bond donors (Lipinski definition) is 1. The first-order valence-electron chi connectivity index (χ1n) is 5.82. The maximum Gasteiger partial charge on any atom is 0.223 e. The van der Waals surface area contributed by atoms with Crippen LogP contribution in [0.5, 0.6) is 0 Å². The predicted octanol–water partition coefficient (Wildman–Crippen LogP) is 2.58. The molecule has 0 aromatic heterocycles. The summed E-state index contributed by atoms with van der Waals surface area (Å²) in [5.74, 6) is 1.79.